The van der Waals surface area contributed by atoms with E-state index >= 15 is 0 Å². The van der Waals surface area contributed by atoms with Crippen LogP contribution in [0.3, 0.4) is 0 Å². The number of rotatable bonds is 6. The highest BCUT2D eigenvalue weighted by Crippen LogP contribution is 2.19. The lowest BCUT2D eigenvalue weighted by Crippen LogP contribution is -2.19. The van der Waals surface area contributed by atoms with Crippen LogP contribution in [0.15, 0.2) is 79.5 Å². The molecule has 0 fully saturated rings. The number of benzene rings is 1. The van der Waals surface area contributed by atoms with Crippen LogP contribution >= 0.6 is 0 Å². The highest BCUT2D eigenvalue weighted by molar-refractivity contribution is 5.58. The summed E-state index contributed by atoms with van der Waals surface area (Å²) in [4.78, 5) is 13.0. The van der Waals surface area contributed by atoms with Crippen molar-refractivity contribution in [2.45, 2.75) is 19.4 Å². The van der Waals surface area contributed by atoms with E-state index in [0.29, 0.717) is 5.95 Å². The summed E-state index contributed by atoms with van der Waals surface area (Å²) in [6.07, 6.45) is 10.1. The van der Waals surface area contributed by atoms with Crippen LogP contribution in [0.2, 0.25) is 0 Å². The average Bonchev–Trinajstić information content (AvgIpc) is 3.20. The third kappa shape index (κ3) is 4.17. The molecular weight excluding hydrogens is 336 g/mol. The molecule has 6 heteroatoms. The Hall–Kier alpha value is -3.54. The van der Waals surface area contributed by atoms with Gasteiger partial charge in [-0.2, -0.15) is 5.10 Å². The van der Waals surface area contributed by atoms with Crippen molar-refractivity contribution >= 4 is 5.95 Å². The molecule has 0 spiro atoms. The van der Waals surface area contributed by atoms with Gasteiger partial charge in [-0.3, -0.25) is 4.98 Å². The Morgan fingerprint density at radius 3 is 2.63 bits per heavy atom. The topological polar surface area (TPSA) is 68.5 Å². The molecule has 3 heterocycles. The average molecular weight is 356 g/mol. The zero-order valence-electron chi connectivity index (χ0n) is 15.0. The number of anilines is 1. The second-order valence-corrected chi connectivity index (χ2v) is 6.38. The Bertz CT molecular complexity index is 997. The molecule has 0 saturated carbocycles. The highest BCUT2D eigenvalue weighted by atomic mass is 15.3. The standard InChI is InChI=1S/C21H20N6/c1-16(13-17-7-10-22-11-8-17)25-21-23-12-9-20(26-21)18-14-24-27(15-18)19-5-3-2-4-6-19/h2-12,14-16H,13H2,1H3,(H,23,25,26)/t16-/m1/s1. The molecule has 1 atom stereocenters. The summed E-state index contributed by atoms with van der Waals surface area (Å²) in [5.74, 6) is 0.613. The van der Waals surface area contributed by atoms with Crippen LogP contribution in [0, 0.1) is 0 Å². The minimum Gasteiger partial charge on any atom is -0.351 e. The van der Waals surface area contributed by atoms with Crippen molar-refractivity contribution < 1.29 is 0 Å². The zero-order valence-corrected chi connectivity index (χ0v) is 15.0. The van der Waals surface area contributed by atoms with Crippen molar-refractivity contribution in [3.8, 4) is 16.9 Å². The van der Waals surface area contributed by atoms with Crippen LogP contribution in [-0.4, -0.2) is 30.8 Å². The molecule has 0 radical (unpaired) electrons. The fourth-order valence-corrected chi connectivity index (χ4v) is 2.91. The first-order valence-electron chi connectivity index (χ1n) is 8.87. The fourth-order valence-electron chi connectivity index (χ4n) is 2.91. The molecule has 3 aromatic heterocycles. The third-order valence-electron chi connectivity index (χ3n) is 4.22. The Labute approximate surface area is 158 Å². The van der Waals surface area contributed by atoms with Gasteiger partial charge >= 0.3 is 0 Å². The van der Waals surface area contributed by atoms with Gasteiger partial charge in [-0.15, -0.1) is 0 Å². The van der Waals surface area contributed by atoms with E-state index in [1.165, 1.54) is 5.56 Å². The van der Waals surface area contributed by atoms with Crippen LogP contribution < -0.4 is 5.32 Å². The summed E-state index contributed by atoms with van der Waals surface area (Å²) < 4.78 is 1.84. The first-order chi connectivity index (χ1) is 13.3. The summed E-state index contributed by atoms with van der Waals surface area (Å²) in [7, 11) is 0. The van der Waals surface area contributed by atoms with Crippen molar-refractivity contribution in [2.75, 3.05) is 5.32 Å². The Balaban J connectivity index is 1.49. The van der Waals surface area contributed by atoms with Gasteiger partial charge in [0.05, 0.1) is 17.6 Å². The molecule has 4 rings (SSSR count). The number of aromatic nitrogens is 5. The molecule has 0 aliphatic heterocycles. The van der Waals surface area contributed by atoms with Gasteiger partial charge in [0.15, 0.2) is 0 Å². The summed E-state index contributed by atoms with van der Waals surface area (Å²) in [6, 6.07) is 16.2. The van der Waals surface area contributed by atoms with Crippen molar-refractivity contribution in [1.82, 2.24) is 24.7 Å². The fraction of sp³-hybridized carbons (Fsp3) is 0.143. The van der Waals surface area contributed by atoms with Gasteiger partial charge in [0, 0.05) is 36.4 Å². The molecule has 0 saturated heterocycles. The van der Waals surface area contributed by atoms with E-state index < -0.39 is 0 Å². The van der Waals surface area contributed by atoms with Gasteiger partial charge in [0.1, 0.15) is 0 Å². The molecule has 0 amide bonds. The van der Waals surface area contributed by atoms with Crippen molar-refractivity contribution in [1.29, 1.82) is 0 Å². The monoisotopic (exact) mass is 356 g/mol. The maximum absolute atomic E-state index is 4.64. The molecular formula is C21H20N6. The molecule has 0 aliphatic rings. The lowest BCUT2D eigenvalue weighted by Gasteiger charge is -2.14. The minimum atomic E-state index is 0.203. The third-order valence-corrected chi connectivity index (χ3v) is 4.22. The number of nitrogens with zero attached hydrogens (tertiary/aromatic N) is 5. The number of para-hydroxylation sites is 1. The van der Waals surface area contributed by atoms with Gasteiger partial charge in [0.2, 0.25) is 5.95 Å². The summed E-state index contributed by atoms with van der Waals surface area (Å²) >= 11 is 0. The van der Waals surface area contributed by atoms with Crippen molar-refractivity contribution in [3.05, 3.63) is 85.1 Å². The van der Waals surface area contributed by atoms with Crippen molar-refractivity contribution in [3.63, 3.8) is 0 Å². The van der Waals surface area contributed by atoms with Gasteiger partial charge < -0.3 is 5.32 Å². The molecule has 1 N–H and O–H groups in total. The van der Waals surface area contributed by atoms with Crippen LogP contribution in [0.1, 0.15) is 12.5 Å². The van der Waals surface area contributed by atoms with E-state index in [1.54, 1.807) is 6.20 Å². The van der Waals surface area contributed by atoms with Crippen LogP contribution in [-0.2, 0) is 6.42 Å². The highest BCUT2D eigenvalue weighted by Gasteiger charge is 2.09. The van der Waals surface area contributed by atoms with Gasteiger partial charge in [-0.05, 0) is 49.2 Å². The molecule has 0 aliphatic carbocycles. The Morgan fingerprint density at radius 2 is 1.81 bits per heavy atom. The molecule has 0 unspecified atom stereocenters. The van der Waals surface area contributed by atoms with Gasteiger partial charge in [-0.1, -0.05) is 18.2 Å². The molecule has 27 heavy (non-hydrogen) atoms. The molecule has 6 nitrogen and oxygen atoms in total. The largest absolute Gasteiger partial charge is 0.351 e. The Kier molecular flexibility index (Phi) is 4.87. The van der Waals surface area contributed by atoms with E-state index in [4.69, 9.17) is 0 Å². The number of pyridine rings is 1. The lowest BCUT2D eigenvalue weighted by molar-refractivity contribution is 0.776. The quantitative estimate of drug-likeness (QED) is 0.569. The van der Waals surface area contributed by atoms with E-state index in [0.717, 1.165) is 23.4 Å². The lowest BCUT2D eigenvalue weighted by atomic mass is 10.1. The maximum Gasteiger partial charge on any atom is 0.223 e. The smallest absolute Gasteiger partial charge is 0.223 e. The van der Waals surface area contributed by atoms with Crippen LogP contribution in [0.4, 0.5) is 5.95 Å². The zero-order chi connectivity index (χ0) is 18.5. The summed E-state index contributed by atoms with van der Waals surface area (Å²) in [5, 5.41) is 7.81. The molecule has 134 valence electrons. The van der Waals surface area contributed by atoms with Crippen molar-refractivity contribution in [2.24, 2.45) is 0 Å². The minimum absolute atomic E-state index is 0.203. The van der Waals surface area contributed by atoms with E-state index in [9.17, 15) is 0 Å². The summed E-state index contributed by atoms with van der Waals surface area (Å²) in [6.45, 7) is 2.11. The number of hydrogen-bond donors (Lipinski definition) is 1. The van der Waals surface area contributed by atoms with E-state index in [2.05, 4.69) is 32.3 Å². The Morgan fingerprint density at radius 1 is 1.00 bits per heavy atom. The first-order valence-corrected chi connectivity index (χ1v) is 8.87. The van der Waals surface area contributed by atoms with E-state index in [-0.39, 0.29) is 6.04 Å². The van der Waals surface area contributed by atoms with Gasteiger partial charge in [-0.25, -0.2) is 14.6 Å². The predicted molar refractivity (Wildman–Crippen MR) is 106 cm³/mol. The summed E-state index contributed by atoms with van der Waals surface area (Å²) in [5.41, 5.74) is 4.03. The number of nitrogens with one attached hydrogen (secondary N) is 1. The van der Waals surface area contributed by atoms with Crippen LogP contribution in [0.5, 0.6) is 0 Å². The normalized spacial score (nSPS) is 11.9. The maximum atomic E-state index is 4.64. The predicted octanol–water partition coefficient (Wildman–Crippen LogP) is 3.77. The van der Waals surface area contributed by atoms with Crippen LogP contribution in [0.25, 0.3) is 16.9 Å². The second kappa shape index (κ2) is 7.78. The molecule has 1 aromatic carbocycles. The number of hydrogen-bond acceptors (Lipinski definition) is 5. The SMILES string of the molecule is C[C@H](Cc1ccncc1)Nc1nccc(-c2cnn(-c3ccccc3)c2)n1. The second-order valence-electron chi connectivity index (χ2n) is 6.38. The van der Waals surface area contributed by atoms with E-state index in [1.807, 2.05) is 78.0 Å². The van der Waals surface area contributed by atoms with Gasteiger partial charge in [0.25, 0.3) is 0 Å². The first kappa shape index (κ1) is 16.9. The molecule has 0 bridgehead atoms. The molecule has 4 aromatic rings.